The second-order valence-electron chi connectivity index (χ2n) is 6.06. The minimum absolute atomic E-state index is 0.0901. The lowest BCUT2D eigenvalue weighted by Gasteiger charge is -2.33. The maximum atomic E-state index is 13.1. The first kappa shape index (κ1) is 18.6. The summed E-state index contributed by atoms with van der Waals surface area (Å²) in [7, 11) is 0. The SMILES string of the molecule is CCCCNC(=S)N1CC[NH+](CC(=O)Nc2cccc(F)c2)CC1. The third-order valence-corrected chi connectivity index (χ3v) is 4.49. The van der Waals surface area contributed by atoms with E-state index in [9.17, 15) is 9.18 Å². The van der Waals surface area contributed by atoms with Crippen LogP contribution in [-0.2, 0) is 4.79 Å². The molecule has 0 atom stereocenters. The minimum Gasteiger partial charge on any atom is -0.363 e. The van der Waals surface area contributed by atoms with E-state index in [4.69, 9.17) is 12.2 Å². The molecular weight excluding hydrogens is 327 g/mol. The van der Waals surface area contributed by atoms with E-state index >= 15 is 0 Å². The van der Waals surface area contributed by atoms with Crippen LogP contribution in [0.25, 0.3) is 0 Å². The Bertz CT molecular complexity index is 561. The molecule has 1 aromatic rings. The zero-order valence-electron chi connectivity index (χ0n) is 14.1. The number of amides is 1. The van der Waals surface area contributed by atoms with Crippen molar-refractivity contribution in [3.63, 3.8) is 0 Å². The van der Waals surface area contributed by atoms with Gasteiger partial charge in [-0.3, -0.25) is 4.79 Å². The van der Waals surface area contributed by atoms with Gasteiger partial charge < -0.3 is 20.4 Å². The summed E-state index contributed by atoms with van der Waals surface area (Å²) < 4.78 is 13.1. The van der Waals surface area contributed by atoms with Gasteiger partial charge in [0.05, 0.1) is 26.2 Å². The van der Waals surface area contributed by atoms with Crippen LogP contribution >= 0.6 is 12.2 Å². The van der Waals surface area contributed by atoms with Crippen molar-refractivity contribution in [2.45, 2.75) is 19.8 Å². The second kappa shape index (κ2) is 9.54. The van der Waals surface area contributed by atoms with Gasteiger partial charge in [-0.15, -0.1) is 0 Å². The molecule has 2 rings (SSSR count). The molecule has 132 valence electrons. The van der Waals surface area contributed by atoms with Crippen molar-refractivity contribution in [1.29, 1.82) is 0 Å². The maximum Gasteiger partial charge on any atom is 0.279 e. The number of thiocarbonyl (C=S) groups is 1. The van der Waals surface area contributed by atoms with E-state index in [-0.39, 0.29) is 11.7 Å². The fraction of sp³-hybridized carbons (Fsp3) is 0.529. The van der Waals surface area contributed by atoms with Crippen molar-refractivity contribution in [1.82, 2.24) is 10.2 Å². The van der Waals surface area contributed by atoms with E-state index in [0.29, 0.717) is 12.2 Å². The zero-order chi connectivity index (χ0) is 17.4. The van der Waals surface area contributed by atoms with E-state index in [1.54, 1.807) is 12.1 Å². The number of nitrogens with zero attached hydrogens (tertiary/aromatic N) is 1. The number of carbonyl (C=O) groups excluding carboxylic acids is 1. The number of anilines is 1. The van der Waals surface area contributed by atoms with Crippen LogP contribution in [0.3, 0.4) is 0 Å². The van der Waals surface area contributed by atoms with Crippen LogP contribution in [0.2, 0.25) is 0 Å². The summed E-state index contributed by atoms with van der Waals surface area (Å²) in [5.74, 6) is -0.439. The molecule has 1 heterocycles. The van der Waals surface area contributed by atoms with Gasteiger partial charge in [0.25, 0.3) is 5.91 Å². The lowest BCUT2D eigenvalue weighted by atomic mass is 10.3. The molecule has 1 amide bonds. The molecule has 1 aliphatic heterocycles. The van der Waals surface area contributed by atoms with Gasteiger partial charge in [-0.1, -0.05) is 19.4 Å². The number of hydrogen-bond acceptors (Lipinski definition) is 2. The predicted molar refractivity (Wildman–Crippen MR) is 97.7 cm³/mol. The molecule has 0 saturated carbocycles. The van der Waals surface area contributed by atoms with Gasteiger partial charge >= 0.3 is 0 Å². The van der Waals surface area contributed by atoms with Crippen molar-refractivity contribution < 1.29 is 14.1 Å². The highest BCUT2D eigenvalue weighted by Crippen LogP contribution is 2.08. The Balaban J connectivity index is 1.70. The minimum atomic E-state index is -0.349. The maximum absolute atomic E-state index is 13.1. The molecule has 1 aromatic carbocycles. The molecule has 0 aliphatic carbocycles. The van der Waals surface area contributed by atoms with Crippen molar-refractivity contribution in [3.05, 3.63) is 30.1 Å². The molecule has 24 heavy (non-hydrogen) atoms. The molecule has 7 heteroatoms. The highest BCUT2D eigenvalue weighted by molar-refractivity contribution is 7.80. The van der Waals surface area contributed by atoms with E-state index in [1.165, 1.54) is 17.0 Å². The number of halogens is 1. The average Bonchev–Trinajstić information content (AvgIpc) is 2.55. The van der Waals surface area contributed by atoms with Crippen molar-refractivity contribution in [2.24, 2.45) is 0 Å². The van der Waals surface area contributed by atoms with Crippen LogP contribution in [0, 0.1) is 5.82 Å². The quantitative estimate of drug-likeness (QED) is 0.519. The fourth-order valence-corrected chi connectivity index (χ4v) is 2.97. The Morgan fingerprint density at radius 2 is 2.12 bits per heavy atom. The van der Waals surface area contributed by atoms with Gasteiger partial charge in [-0.2, -0.15) is 0 Å². The summed E-state index contributed by atoms with van der Waals surface area (Å²) >= 11 is 5.40. The molecular formula is C17H26FN4OS+. The van der Waals surface area contributed by atoms with Crippen LogP contribution in [0.5, 0.6) is 0 Å². The van der Waals surface area contributed by atoms with E-state index in [2.05, 4.69) is 22.5 Å². The topological polar surface area (TPSA) is 48.8 Å². The third kappa shape index (κ3) is 6.05. The number of carbonyl (C=O) groups is 1. The molecule has 1 saturated heterocycles. The fourth-order valence-electron chi connectivity index (χ4n) is 2.69. The Kier molecular flexibility index (Phi) is 7.39. The molecule has 0 spiro atoms. The first-order valence-electron chi connectivity index (χ1n) is 8.50. The molecule has 1 fully saturated rings. The summed E-state index contributed by atoms with van der Waals surface area (Å²) in [4.78, 5) is 15.5. The van der Waals surface area contributed by atoms with Crippen LogP contribution < -0.4 is 15.5 Å². The zero-order valence-corrected chi connectivity index (χ0v) is 14.9. The Labute approximate surface area is 148 Å². The standard InChI is InChI=1S/C17H25FN4OS/c1-2-3-7-19-17(24)22-10-8-21(9-11-22)13-16(23)20-15-6-4-5-14(18)12-15/h4-6,12H,2-3,7-11,13H2,1H3,(H,19,24)(H,20,23)/p+1. The lowest BCUT2D eigenvalue weighted by Crippen LogP contribution is -3.15. The molecule has 0 radical (unpaired) electrons. The molecule has 0 aromatic heterocycles. The highest BCUT2D eigenvalue weighted by Gasteiger charge is 2.23. The number of unbranched alkanes of at least 4 members (excludes halogenated alkanes) is 1. The molecule has 0 bridgehead atoms. The molecule has 1 aliphatic rings. The van der Waals surface area contributed by atoms with Gasteiger partial charge in [0.15, 0.2) is 11.7 Å². The second-order valence-corrected chi connectivity index (χ2v) is 6.44. The van der Waals surface area contributed by atoms with E-state index in [0.717, 1.165) is 50.7 Å². The van der Waals surface area contributed by atoms with Crippen LogP contribution in [0.1, 0.15) is 19.8 Å². The van der Waals surface area contributed by atoms with Crippen LogP contribution in [0.4, 0.5) is 10.1 Å². The third-order valence-electron chi connectivity index (χ3n) is 4.08. The average molecular weight is 353 g/mol. The monoisotopic (exact) mass is 353 g/mol. The van der Waals surface area contributed by atoms with Crippen LogP contribution in [0.15, 0.2) is 24.3 Å². The largest absolute Gasteiger partial charge is 0.363 e. The number of nitrogens with one attached hydrogen (secondary N) is 3. The van der Waals surface area contributed by atoms with Crippen LogP contribution in [-0.4, -0.2) is 55.2 Å². The Morgan fingerprint density at radius 3 is 2.79 bits per heavy atom. The lowest BCUT2D eigenvalue weighted by molar-refractivity contribution is -0.895. The number of benzene rings is 1. The number of rotatable bonds is 6. The molecule has 3 N–H and O–H groups in total. The van der Waals surface area contributed by atoms with E-state index < -0.39 is 0 Å². The summed E-state index contributed by atoms with van der Waals surface area (Å²) in [6, 6.07) is 5.96. The van der Waals surface area contributed by atoms with Gasteiger partial charge in [0.1, 0.15) is 5.82 Å². The first-order chi connectivity index (χ1) is 11.6. The van der Waals surface area contributed by atoms with Gasteiger partial charge in [0.2, 0.25) is 0 Å². The first-order valence-corrected chi connectivity index (χ1v) is 8.91. The predicted octanol–water partition coefficient (Wildman–Crippen LogP) is 0.639. The Hall–Kier alpha value is -1.73. The van der Waals surface area contributed by atoms with Crippen molar-refractivity contribution in [3.8, 4) is 0 Å². The van der Waals surface area contributed by atoms with Crippen molar-refractivity contribution >= 4 is 28.9 Å². The molecule has 5 nitrogen and oxygen atoms in total. The molecule has 0 unspecified atom stereocenters. The number of hydrogen-bond donors (Lipinski definition) is 3. The van der Waals surface area contributed by atoms with Crippen molar-refractivity contribution in [2.75, 3.05) is 44.6 Å². The number of piperazine rings is 1. The normalized spacial score (nSPS) is 15.2. The summed E-state index contributed by atoms with van der Waals surface area (Å²) in [5.41, 5.74) is 0.499. The van der Waals surface area contributed by atoms with Gasteiger partial charge in [-0.05, 0) is 36.8 Å². The summed E-state index contributed by atoms with van der Waals surface area (Å²) in [6.45, 7) is 6.89. The summed E-state index contributed by atoms with van der Waals surface area (Å²) in [6.07, 6.45) is 2.26. The number of quaternary nitrogens is 1. The van der Waals surface area contributed by atoms with Gasteiger partial charge in [-0.25, -0.2) is 4.39 Å². The highest BCUT2D eigenvalue weighted by atomic mass is 32.1. The Morgan fingerprint density at radius 1 is 1.38 bits per heavy atom. The smallest absolute Gasteiger partial charge is 0.279 e. The summed E-state index contributed by atoms with van der Waals surface area (Å²) in [5, 5.41) is 6.84. The van der Waals surface area contributed by atoms with E-state index in [1.807, 2.05) is 0 Å². The van der Waals surface area contributed by atoms with Gasteiger partial charge in [0, 0.05) is 12.2 Å².